The molecule has 2 aromatic carbocycles. The topological polar surface area (TPSA) is 76.2 Å². The summed E-state index contributed by atoms with van der Waals surface area (Å²) in [6, 6.07) is 11.1. The monoisotopic (exact) mass is 436 g/mol. The van der Waals surface area contributed by atoms with E-state index in [-0.39, 0.29) is 31.5 Å². The van der Waals surface area contributed by atoms with Gasteiger partial charge in [0, 0.05) is 6.08 Å². The van der Waals surface area contributed by atoms with Crippen LogP contribution in [0.5, 0.6) is 5.75 Å². The molecular formula is C25H28N2O5. The van der Waals surface area contributed by atoms with Crippen molar-refractivity contribution in [1.82, 2.24) is 0 Å². The number of ether oxygens (including phenoxy) is 2. The molecule has 0 bridgehead atoms. The van der Waals surface area contributed by atoms with E-state index >= 15 is 0 Å². The van der Waals surface area contributed by atoms with E-state index in [4.69, 9.17) is 9.47 Å². The third-order valence-corrected chi connectivity index (χ3v) is 5.23. The van der Waals surface area contributed by atoms with Gasteiger partial charge in [-0.25, -0.2) is 0 Å². The lowest BCUT2D eigenvalue weighted by Gasteiger charge is -2.36. The molecule has 0 spiro atoms. The van der Waals surface area contributed by atoms with Gasteiger partial charge in [-0.3, -0.25) is 24.2 Å². The largest absolute Gasteiger partial charge is 0.494 e. The molecule has 1 aliphatic rings. The minimum Gasteiger partial charge on any atom is -0.494 e. The Morgan fingerprint density at radius 2 is 1.66 bits per heavy atom. The Labute approximate surface area is 188 Å². The summed E-state index contributed by atoms with van der Waals surface area (Å²) < 4.78 is 10.4. The molecule has 168 valence electrons. The van der Waals surface area contributed by atoms with Crippen LogP contribution in [0, 0.1) is 13.8 Å². The first-order valence-electron chi connectivity index (χ1n) is 10.6. The molecular weight excluding hydrogens is 408 g/mol. The van der Waals surface area contributed by atoms with Gasteiger partial charge in [-0.1, -0.05) is 12.1 Å². The van der Waals surface area contributed by atoms with Gasteiger partial charge < -0.3 is 9.47 Å². The lowest BCUT2D eigenvalue weighted by Crippen LogP contribution is -2.49. The standard InChI is InChI=1S/C25H28N2O5/c1-5-31-20-10-7-19(8-11-20)9-12-23(28)26-15-24(29)27(16-25(30)32-6-2)22-14-18(4)17(3)13-21(22)26/h7-14H,5-6,15-16H2,1-4H3/b12-9+. The summed E-state index contributed by atoms with van der Waals surface area (Å²) >= 11 is 0. The molecule has 0 radical (unpaired) electrons. The van der Waals surface area contributed by atoms with E-state index in [1.165, 1.54) is 15.9 Å². The van der Waals surface area contributed by atoms with Crippen LogP contribution in [0.25, 0.3) is 6.08 Å². The van der Waals surface area contributed by atoms with Crippen LogP contribution in [-0.2, 0) is 19.1 Å². The molecule has 0 aromatic heterocycles. The highest BCUT2D eigenvalue weighted by atomic mass is 16.5. The van der Waals surface area contributed by atoms with Gasteiger partial charge in [-0.2, -0.15) is 0 Å². The lowest BCUT2D eigenvalue weighted by molar-refractivity contribution is -0.142. The van der Waals surface area contributed by atoms with Crippen molar-refractivity contribution >= 4 is 35.2 Å². The van der Waals surface area contributed by atoms with Crippen LogP contribution >= 0.6 is 0 Å². The Hall–Kier alpha value is -3.61. The Bertz CT molecular complexity index is 1040. The number of hydrogen-bond donors (Lipinski definition) is 0. The van der Waals surface area contributed by atoms with Crippen molar-refractivity contribution in [2.45, 2.75) is 27.7 Å². The minimum absolute atomic E-state index is 0.151. The summed E-state index contributed by atoms with van der Waals surface area (Å²) in [5.41, 5.74) is 3.92. The summed E-state index contributed by atoms with van der Waals surface area (Å²) in [5, 5.41) is 0. The van der Waals surface area contributed by atoms with Crippen LogP contribution in [-0.4, -0.2) is 44.1 Å². The minimum atomic E-state index is -0.486. The molecule has 0 saturated carbocycles. The van der Waals surface area contributed by atoms with Crippen LogP contribution in [0.3, 0.4) is 0 Å². The van der Waals surface area contributed by atoms with E-state index in [0.717, 1.165) is 22.4 Å². The Morgan fingerprint density at radius 3 is 2.28 bits per heavy atom. The van der Waals surface area contributed by atoms with Gasteiger partial charge in [0.1, 0.15) is 18.8 Å². The smallest absolute Gasteiger partial charge is 0.326 e. The predicted molar refractivity (Wildman–Crippen MR) is 124 cm³/mol. The van der Waals surface area contributed by atoms with Gasteiger partial charge >= 0.3 is 5.97 Å². The molecule has 0 atom stereocenters. The Balaban J connectivity index is 1.87. The number of fused-ring (bicyclic) bond motifs is 1. The molecule has 2 amide bonds. The number of hydrogen-bond acceptors (Lipinski definition) is 5. The van der Waals surface area contributed by atoms with Gasteiger partial charge in [0.25, 0.3) is 5.91 Å². The zero-order valence-corrected chi connectivity index (χ0v) is 18.9. The van der Waals surface area contributed by atoms with E-state index in [2.05, 4.69) is 0 Å². The number of esters is 1. The number of anilines is 2. The summed E-state index contributed by atoms with van der Waals surface area (Å²) in [5.74, 6) is -0.372. The van der Waals surface area contributed by atoms with Crippen LogP contribution < -0.4 is 14.5 Å². The molecule has 0 unspecified atom stereocenters. The predicted octanol–water partition coefficient (Wildman–Crippen LogP) is 3.66. The van der Waals surface area contributed by atoms with Crippen LogP contribution in [0.4, 0.5) is 11.4 Å². The summed E-state index contributed by atoms with van der Waals surface area (Å²) in [6.45, 7) is 7.99. The van der Waals surface area contributed by atoms with Crippen molar-refractivity contribution in [3.05, 3.63) is 59.2 Å². The Morgan fingerprint density at radius 1 is 1.00 bits per heavy atom. The first-order valence-corrected chi connectivity index (χ1v) is 10.6. The lowest BCUT2D eigenvalue weighted by atomic mass is 10.0. The third kappa shape index (κ3) is 5.17. The number of carbonyl (C=O) groups is 3. The van der Waals surface area contributed by atoms with E-state index in [1.807, 2.05) is 57.2 Å². The summed E-state index contributed by atoms with van der Waals surface area (Å²) in [4.78, 5) is 40.8. The van der Waals surface area contributed by atoms with Gasteiger partial charge in [-0.15, -0.1) is 0 Å². The number of carbonyl (C=O) groups excluding carboxylic acids is 3. The molecule has 0 N–H and O–H groups in total. The maximum absolute atomic E-state index is 13.0. The van der Waals surface area contributed by atoms with E-state index in [1.54, 1.807) is 13.0 Å². The maximum atomic E-state index is 13.0. The number of amides is 2. The quantitative estimate of drug-likeness (QED) is 0.489. The van der Waals surface area contributed by atoms with Gasteiger partial charge in [-0.05, 0) is 74.7 Å². The molecule has 0 fully saturated rings. The SMILES string of the molecule is CCOC(=O)CN1C(=O)CN(C(=O)/C=C/c2ccc(OCC)cc2)c2cc(C)c(C)cc21. The van der Waals surface area contributed by atoms with Crippen molar-refractivity contribution in [1.29, 1.82) is 0 Å². The number of benzene rings is 2. The van der Waals surface area contributed by atoms with Crippen molar-refractivity contribution in [3.63, 3.8) is 0 Å². The second-order valence-corrected chi connectivity index (χ2v) is 7.47. The fraction of sp³-hybridized carbons (Fsp3) is 0.320. The van der Waals surface area contributed by atoms with E-state index < -0.39 is 5.97 Å². The average molecular weight is 437 g/mol. The van der Waals surface area contributed by atoms with Gasteiger partial charge in [0.2, 0.25) is 5.91 Å². The molecule has 1 aliphatic heterocycles. The first-order chi connectivity index (χ1) is 15.3. The highest BCUT2D eigenvalue weighted by molar-refractivity contribution is 6.15. The van der Waals surface area contributed by atoms with Gasteiger partial charge in [0.05, 0.1) is 24.6 Å². The van der Waals surface area contributed by atoms with Crippen molar-refractivity contribution in [2.24, 2.45) is 0 Å². The molecule has 7 heteroatoms. The van der Waals surface area contributed by atoms with Crippen LogP contribution in [0.1, 0.15) is 30.5 Å². The average Bonchev–Trinajstić information content (AvgIpc) is 2.76. The summed E-state index contributed by atoms with van der Waals surface area (Å²) in [7, 11) is 0. The first kappa shape index (κ1) is 23.1. The molecule has 3 rings (SSSR count). The third-order valence-electron chi connectivity index (χ3n) is 5.23. The highest BCUT2D eigenvalue weighted by Gasteiger charge is 2.33. The van der Waals surface area contributed by atoms with Crippen molar-refractivity contribution in [3.8, 4) is 5.75 Å². The van der Waals surface area contributed by atoms with E-state index in [0.29, 0.717) is 18.0 Å². The molecule has 0 aliphatic carbocycles. The van der Waals surface area contributed by atoms with Crippen molar-refractivity contribution in [2.75, 3.05) is 36.1 Å². The second kappa shape index (κ2) is 10.1. The number of nitrogens with zero attached hydrogens (tertiary/aromatic N) is 2. The second-order valence-electron chi connectivity index (χ2n) is 7.47. The molecule has 1 heterocycles. The zero-order valence-electron chi connectivity index (χ0n) is 18.9. The van der Waals surface area contributed by atoms with Crippen molar-refractivity contribution < 1.29 is 23.9 Å². The maximum Gasteiger partial charge on any atom is 0.326 e. The highest BCUT2D eigenvalue weighted by Crippen LogP contribution is 2.36. The van der Waals surface area contributed by atoms with Crippen LogP contribution in [0.2, 0.25) is 0 Å². The van der Waals surface area contributed by atoms with Crippen LogP contribution in [0.15, 0.2) is 42.5 Å². The Kier molecular flexibility index (Phi) is 7.30. The molecule has 7 nitrogen and oxygen atoms in total. The number of aryl methyl sites for hydroxylation is 2. The normalized spacial score (nSPS) is 13.3. The fourth-order valence-corrected chi connectivity index (χ4v) is 3.46. The summed E-state index contributed by atoms with van der Waals surface area (Å²) in [6.07, 6.45) is 3.15. The molecule has 0 saturated heterocycles. The molecule has 2 aromatic rings. The number of rotatable bonds is 7. The van der Waals surface area contributed by atoms with E-state index in [9.17, 15) is 14.4 Å². The zero-order chi connectivity index (χ0) is 23.3. The fourth-order valence-electron chi connectivity index (χ4n) is 3.46. The van der Waals surface area contributed by atoms with Gasteiger partial charge in [0.15, 0.2) is 0 Å². The molecule has 32 heavy (non-hydrogen) atoms.